The van der Waals surface area contributed by atoms with Crippen LogP contribution in [0.4, 0.5) is 4.39 Å². The Morgan fingerprint density at radius 3 is 2.61 bits per heavy atom. The van der Waals surface area contributed by atoms with E-state index >= 15 is 0 Å². The molecule has 1 aromatic carbocycles. The number of aryl methyl sites for hydroxylation is 1. The molecule has 0 saturated carbocycles. The van der Waals surface area contributed by atoms with Crippen molar-refractivity contribution in [3.8, 4) is 17.6 Å². The highest BCUT2D eigenvalue weighted by Gasteiger charge is 2.09. The molecule has 0 radical (unpaired) electrons. The van der Waals surface area contributed by atoms with Crippen molar-refractivity contribution < 1.29 is 9.13 Å². The molecule has 0 N–H and O–H groups in total. The molecule has 0 saturated heterocycles. The lowest BCUT2D eigenvalue weighted by atomic mass is 10.2. The number of hydrogen-bond acceptors (Lipinski definition) is 4. The zero-order chi connectivity index (χ0) is 17.4. The molecule has 2 rings (SSSR count). The van der Waals surface area contributed by atoms with Gasteiger partial charge in [-0.2, -0.15) is 5.26 Å². The average Bonchev–Trinajstić information content (AvgIpc) is 2.89. The fourth-order valence-corrected chi connectivity index (χ4v) is 1.82. The zero-order valence-corrected chi connectivity index (χ0v) is 14.3. The van der Waals surface area contributed by atoms with Crippen molar-refractivity contribution >= 4 is 0 Å². The molecular formula is C17H23FN4O. The molecule has 0 spiro atoms. The largest absolute Gasteiger partial charge is 0.475 e. The van der Waals surface area contributed by atoms with Crippen molar-refractivity contribution in [2.24, 2.45) is 0 Å². The second-order valence-corrected chi connectivity index (χ2v) is 5.02. The Balaban J connectivity index is 0.00000127. The first-order valence-electron chi connectivity index (χ1n) is 7.54. The summed E-state index contributed by atoms with van der Waals surface area (Å²) in [6.45, 7) is 7.18. The van der Waals surface area contributed by atoms with Gasteiger partial charge in [0.15, 0.2) is 0 Å². The number of benzene rings is 1. The lowest BCUT2D eigenvalue weighted by Gasteiger charge is -2.09. The van der Waals surface area contributed by atoms with Gasteiger partial charge in [-0.15, -0.1) is 5.10 Å². The summed E-state index contributed by atoms with van der Waals surface area (Å²) in [4.78, 5) is 2.01. The number of ether oxygens (including phenoxy) is 1. The summed E-state index contributed by atoms with van der Waals surface area (Å²) in [6, 6.07) is 6.03. The van der Waals surface area contributed by atoms with Crippen LogP contribution in [-0.2, 0) is 0 Å². The van der Waals surface area contributed by atoms with Crippen LogP contribution >= 0.6 is 0 Å². The van der Waals surface area contributed by atoms with Crippen molar-refractivity contribution in [3.05, 3.63) is 41.3 Å². The van der Waals surface area contributed by atoms with Crippen LogP contribution in [-0.4, -0.2) is 41.9 Å². The summed E-state index contributed by atoms with van der Waals surface area (Å²) < 4.78 is 20.6. The van der Waals surface area contributed by atoms with Crippen molar-refractivity contribution in [1.82, 2.24) is 14.7 Å². The van der Waals surface area contributed by atoms with Crippen molar-refractivity contribution in [3.63, 3.8) is 0 Å². The number of hydrogen-bond donors (Lipinski definition) is 0. The van der Waals surface area contributed by atoms with Crippen LogP contribution in [0.15, 0.2) is 24.4 Å². The highest BCUT2D eigenvalue weighted by atomic mass is 19.1. The molecule has 1 heterocycles. The van der Waals surface area contributed by atoms with Gasteiger partial charge in [0, 0.05) is 18.3 Å². The highest BCUT2D eigenvalue weighted by molar-refractivity contribution is 5.42. The summed E-state index contributed by atoms with van der Waals surface area (Å²) in [7, 11) is 3.93. The minimum Gasteiger partial charge on any atom is -0.475 e. The van der Waals surface area contributed by atoms with E-state index in [1.54, 1.807) is 12.3 Å². The fraction of sp³-hybridized carbons (Fsp3) is 0.412. The summed E-state index contributed by atoms with van der Waals surface area (Å²) in [5.41, 5.74) is 1.61. The van der Waals surface area contributed by atoms with E-state index in [-0.39, 0.29) is 5.56 Å². The van der Waals surface area contributed by atoms with Gasteiger partial charge in [-0.05, 0) is 39.2 Å². The second-order valence-electron chi connectivity index (χ2n) is 5.02. The van der Waals surface area contributed by atoms with Gasteiger partial charge in [0.1, 0.15) is 12.4 Å². The third-order valence-corrected chi connectivity index (χ3v) is 2.91. The lowest BCUT2D eigenvalue weighted by molar-refractivity contribution is 0.251. The molecule has 0 aliphatic rings. The van der Waals surface area contributed by atoms with E-state index in [9.17, 15) is 4.39 Å². The third-order valence-electron chi connectivity index (χ3n) is 2.91. The van der Waals surface area contributed by atoms with Gasteiger partial charge < -0.3 is 9.64 Å². The number of aromatic nitrogens is 2. The Kier molecular flexibility index (Phi) is 7.23. The van der Waals surface area contributed by atoms with Gasteiger partial charge in [-0.3, -0.25) is 0 Å². The van der Waals surface area contributed by atoms with Gasteiger partial charge in [0.25, 0.3) is 0 Å². The quantitative estimate of drug-likeness (QED) is 0.850. The van der Waals surface area contributed by atoms with Gasteiger partial charge in [-0.1, -0.05) is 13.8 Å². The third kappa shape index (κ3) is 5.38. The van der Waals surface area contributed by atoms with Gasteiger partial charge >= 0.3 is 0 Å². The molecule has 23 heavy (non-hydrogen) atoms. The van der Waals surface area contributed by atoms with E-state index in [4.69, 9.17) is 10.00 Å². The Hall–Kier alpha value is -2.39. The SMILES string of the molecule is CC.Cc1cn(-c2cc(F)cc(C#N)c2)nc1OCCN(C)C. The van der Waals surface area contributed by atoms with E-state index in [1.165, 1.54) is 16.8 Å². The summed E-state index contributed by atoms with van der Waals surface area (Å²) in [5.74, 6) is 0.0481. The topological polar surface area (TPSA) is 54.1 Å². The highest BCUT2D eigenvalue weighted by Crippen LogP contribution is 2.19. The predicted octanol–water partition coefficient (Wildman–Crippen LogP) is 3.16. The maximum atomic E-state index is 13.5. The van der Waals surface area contributed by atoms with Gasteiger partial charge in [-0.25, -0.2) is 9.07 Å². The molecule has 124 valence electrons. The Bertz CT molecular complexity index is 674. The Labute approximate surface area is 136 Å². The number of likely N-dealkylation sites (N-methyl/N-ethyl adjacent to an activating group) is 1. The minimum absolute atomic E-state index is 0.258. The predicted molar refractivity (Wildman–Crippen MR) is 88.4 cm³/mol. The van der Waals surface area contributed by atoms with E-state index in [0.717, 1.165) is 12.1 Å². The molecule has 6 heteroatoms. The van der Waals surface area contributed by atoms with Gasteiger partial charge in [0.2, 0.25) is 5.88 Å². The normalized spacial score (nSPS) is 10.0. The van der Waals surface area contributed by atoms with Crippen LogP contribution in [0.25, 0.3) is 5.69 Å². The van der Waals surface area contributed by atoms with Gasteiger partial charge in [0.05, 0.1) is 17.3 Å². The van der Waals surface area contributed by atoms with E-state index < -0.39 is 5.82 Å². The van der Waals surface area contributed by atoms with Crippen LogP contribution in [0.1, 0.15) is 25.0 Å². The van der Waals surface area contributed by atoms with Crippen molar-refractivity contribution in [2.75, 3.05) is 27.2 Å². The van der Waals surface area contributed by atoms with Crippen LogP contribution in [0.3, 0.4) is 0 Å². The van der Waals surface area contributed by atoms with Crippen LogP contribution in [0.5, 0.6) is 5.88 Å². The molecule has 5 nitrogen and oxygen atoms in total. The summed E-state index contributed by atoms with van der Waals surface area (Å²) >= 11 is 0. The molecule has 0 bridgehead atoms. The molecule has 0 amide bonds. The lowest BCUT2D eigenvalue weighted by Crippen LogP contribution is -2.19. The monoisotopic (exact) mass is 318 g/mol. The minimum atomic E-state index is -0.465. The molecule has 2 aromatic rings. The van der Waals surface area contributed by atoms with Crippen LogP contribution < -0.4 is 4.74 Å². The number of halogens is 1. The smallest absolute Gasteiger partial charge is 0.236 e. The standard InChI is InChI=1S/C15H17FN4O.C2H6/c1-11-10-20(18-15(11)21-5-4-19(2)3)14-7-12(9-17)6-13(16)8-14;1-2/h6-8,10H,4-5H2,1-3H3;1-2H3. The second kappa shape index (κ2) is 8.91. The Morgan fingerprint density at radius 1 is 1.30 bits per heavy atom. The van der Waals surface area contributed by atoms with Crippen molar-refractivity contribution in [2.45, 2.75) is 20.8 Å². The molecule has 0 fully saturated rings. The molecular weight excluding hydrogens is 295 g/mol. The zero-order valence-electron chi connectivity index (χ0n) is 14.3. The van der Waals surface area contributed by atoms with E-state index in [2.05, 4.69) is 5.10 Å². The van der Waals surface area contributed by atoms with Crippen LogP contribution in [0, 0.1) is 24.1 Å². The molecule has 0 aliphatic heterocycles. The van der Waals surface area contributed by atoms with E-state index in [1.807, 2.05) is 45.8 Å². The molecule has 0 atom stereocenters. The molecule has 0 aliphatic carbocycles. The number of rotatable bonds is 5. The maximum absolute atomic E-state index is 13.5. The summed E-state index contributed by atoms with van der Waals surface area (Å²) in [5, 5.41) is 13.2. The van der Waals surface area contributed by atoms with Crippen molar-refractivity contribution in [1.29, 1.82) is 5.26 Å². The first-order chi connectivity index (χ1) is 11.0. The number of nitriles is 1. The summed E-state index contributed by atoms with van der Waals surface area (Å²) in [6.07, 6.45) is 1.75. The fourth-order valence-electron chi connectivity index (χ4n) is 1.82. The Morgan fingerprint density at radius 2 is 2.00 bits per heavy atom. The molecule has 1 aromatic heterocycles. The first kappa shape index (κ1) is 18.7. The first-order valence-corrected chi connectivity index (χ1v) is 7.54. The van der Waals surface area contributed by atoms with E-state index in [0.29, 0.717) is 18.2 Å². The van der Waals surface area contributed by atoms with Crippen LogP contribution in [0.2, 0.25) is 0 Å². The molecule has 0 unspecified atom stereocenters. The number of nitrogens with zero attached hydrogens (tertiary/aromatic N) is 4. The average molecular weight is 318 g/mol. The maximum Gasteiger partial charge on any atom is 0.236 e.